The van der Waals surface area contributed by atoms with E-state index in [9.17, 15) is 0 Å². The molecule has 1 heterocycles. The zero-order valence-electron chi connectivity index (χ0n) is 11.2. The third kappa shape index (κ3) is 2.69. The molecule has 3 rings (SSSR count). The van der Waals surface area contributed by atoms with Crippen LogP contribution in [0.5, 0.6) is 0 Å². The Morgan fingerprint density at radius 2 is 1.70 bits per heavy atom. The van der Waals surface area contributed by atoms with Crippen molar-refractivity contribution in [2.45, 2.75) is 13.5 Å². The molecule has 0 saturated heterocycles. The van der Waals surface area contributed by atoms with Crippen molar-refractivity contribution >= 4 is 5.69 Å². The fourth-order valence-electron chi connectivity index (χ4n) is 2.02. The molecular formula is C16H15N3O. The van der Waals surface area contributed by atoms with Crippen LogP contribution in [0.25, 0.3) is 11.5 Å². The molecule has 0 fully saturated rings. The molecule has 0 bridgehead atoms. The van der Waals surface area contributed by atoms with Crippen LogP contribution in [0, 0.1) is 6.92 Å². The normalized spacial score (nSPS) is 10.4. The predicted molar refractivity (Wildman–Crippen MR) is 78.2 cm³/mol. The molecule has 4 nitrogen and oxygen atoms in total. The summed E-state index contributed by atoms with van der Waals surface area (Å²) in [7, 11) is 0. The quantitative estimate of drug-likeness (QED) is 0.782. The fourth-order valence-corrected chi connectivity index (χ4v) is 2.02. The molecule has 0 aliphatic heterocycles. The highest BCUT2D eigenvalue weighted by Crippen LogP contribution is 2.26. The van der Waals surface area contributed by atoms with Crippen molar-refractivity contribution in [1.82, 2.24) is 10.2 Å². The highest BCUT2D eigenvalue weighted by Gasteiger charge is 2.10. The Hall–Kier alpha value is -2.62. The molecular weight excluding hydrogens is 250 g/mol. The second kappa shape index (κ2) is 5.57. The second-order valence-electron chi connectivity index (χ2n) is 4.51. The van der Waals surface area contributed by atoms with E-state index in [0.717, 1.165) is 17.8 Å². The molecule has 4 heteroatoms. The molecule has 20 heavy (non-hydrogen) atoms. The average Bonchev–Trinajstić information content (AvgIpc) is 2.93. The highest BCUT2D eigenvalue weighted by atomic mass is 16.4. The fraction of sp³-hybridized carbons (Fsp3) is 0.125. The molecule has 1 N–H and O–H groups in total. The molecule has 0 aliphatic rings. The van der Waals surface area contributed by atoms with Gasteiger partial charge in [0.15, 0.2) is 0 Å². The van der Waals surface area contributed by atoms with Gasteiger partial charge in [-0.15, -0.1) is 10.2 Å². The summed E-state index contributed by atoms with van der Waals surface area (Å²) in [6, 6.07) is 18.2. The number of aromatic nitrogens is 2. The molecule has 3 aromatic rings. The van der Waals surface area contributed by atoms with Gasteiger partial charge in [0.2, 0.25) is 11.8 Å². The monoisotopic (exact) mass is 265 g/mol. The summed E-state index contributed by atoms with van der Waals surface area (Å²) in [6.07, 6.45) is 0. The molecule has 0 atom stereocenters. The van der Waals surface area contributed by atoms with Crippen molar-refractivity contribution in [3.05, 3.63) is 66.1 Å². The van der Waals surface area contributed by atoms with Crippen LogP contribution in [0.15, 0.2) is 59.0 Å². The highest BCUT2D eigenvalue weighted by molar-refractivity contribution is 5.72. The van der Waals surface area contributed by atoms with Gasteiger partial charge in [0.1, 0.15) is 0 Å². The summed E-state index contributed by atoms with van der Waals surface area (Å²) >= 11 is 0. The van der Waals surface area contributed by atoms with Crippen molar-refractivity contribution in [2.75, 3.05) is 5.32 Å². The first-order valence-electron chi connectivity index (χ1n) is 6.50. The van der Waals surface area contributed by atoms with Crippen molar-refractivity contribution in [3.63, 3.8) is 0 Å². The van der Waals surface area contributed by atoms with Crippen LogP contribution in [0.2, 0.25) is 0 Å². The zero-order valence-corrected chi connectivity index (χ0v) is 11.2. The van der Waals surface area contributed by atoms with Crippen LogP contribution < -0.4 is 5.32 Å². The van der Waals surface area contributed by atoms with Crippen LogP contribution in [-0.4, -0.2) is 10.2 Å². The minimum atomic E-state index is 0.540. The summed E-state index contributed by atoms with van der Waals surface area (Å²) in [5.41, 5.74) is 3.13. The molecule has 0 aliphatic carbocycles. The lowest BCUT2D eigenvalue weighted by atomic mass is 10.1. The SMILES string of the molecule is Cc1nnc(-c2ccccc2NCc2ccccc2)o1. The number of nitrogens with one attached hydrogen (secondary N) is 1. The van der Waals surface area contributed by atoms with Gasteiger partial charge in [0, 0.05) is 19.2 Å². The number of hydrogen-bond donors (Lipinski definition) is 1. The lowest BCUT2D eigenvalue weighted by molar-refractivity contribution is 0.533. The molecule has 0 amide bonds. The van der Waals surface area contributed by atoms with Crippen LogP contribution in [0.3, 0.4) is 0 Å². The second-order valence-corrected chi connectivity index (χ2v) is 4.51. The van der Waals surface area contributed by atoms with E-state index in [1.807, 2.05) is 42.5 Å². The maximum Gasteiger partial charge on any atom is 0.249 e. The Labute approximate surface area is 117 Å². The van der Waals surface area contributed by atoms with Gasteiger partial charge in [-0.25, -0.2) is 0 Å². The Bertz CT molecular complexity index is 692. The zero-order chi connectivity index (χ0) is 13.8. The van der Waals surface area contributed by atoms with E-state index in [1.54, 1.807) is 6.92 Å². The largest absolute Gasteiger partial charge is 0.421 e. The number of aryl methyl sites for hydroxylation is 1. The molecule has 0 unspecified atom stereocenters. The third-order valence-corrected chi connectivity index (χ3v) is 3.01. The lowest BCUT2D eigenvalue weighted by Gasteiger charge is -2.09. The van der Waals surface area contributed by atoms with Gasteiger partial charge in [-0.1, -0.05) is 42.5 Å². The number of benzene rings is 2. The van der Waals surface area contributed by atoms with E-state index in [2.05, 4.69) is 27.6 Å². The van der Waals surface area contributed by atoms with E-state index in [-0.39, 0.29) is 0 Å². The van der Waals surface area contributed by atoms with Crippen LogP contribution in [0.4, 0.5) is 5.69 Å². The first-order valence-corrected chi connectivity index (χ1v) is 6.50. The number of anilines is 1. The van der Waals surface area contributed by atoms with Gasteiger partial charge in [0.05, 0.1) is 5.56 Å². The van der Waals surface area contributed by atoms with E-state index in [1.165, 1.54) is 5.56 Å². The van der Waals surface area contributed by atoms with Gasteiger partial charge < -0.3 is 9.73 Å². The van der Waals surface area contributed by atoms with E-state index >= 15 is 0 Å². The Balaban J connectivity index is 1.83. The van der Waals surface area contributed by atoms with E-state index in [0.29, 0.717) is 11.8 Å². The van der Waals surface area contributed by atoms with E-state index in [4.69, 9.17) is 4.42 Å². The Kier molecular flexibility index (Phi) is 3.46. The first kappa shape index (κ1) is 12.4. The van der Waals surface area contributed by atoms with Crippen molar-refractivity contribution in [1.29, 1.82) is 0 Å². The Morgan fingerprint density at radius 1 is 0.950 bits per heavy atom. The van der Waals surface area contributed by atoms with Crippen LogP contribution >= 0.6 is 0 Å². The standard InChI is InChI=1S/C16H15N3O/c1-12-18-19-16(20-12)14-9-5-6-10-15(14)17-11-13-7-3-2-4-8-13/h2-10,17H,11H2,1H3. The maximum absolute atomic E-state index is 5.50. The molecule has 100 valence electrons. The minimum absolute atomic E-state index is 0.540. The summed E-state index contributed by atoms with van der Waals surface area (Å²) in [5, 5.41) is 11.4. The van der Waals surface area contributed by atoms with Crippen LogP contribution in [0.1, 0.15) is 11.5 Å². The van der Waals surface area contributed by atoms with Crippen molar-refractivity contribution in [2.24, 2.45) is 0 Å². The number of nitrogens with zero attached hydrogens (tertiary/aromatic N) is 2. The van der Waals surface area contributed by atoms with Crippen molar-refractivity contribution < 1.29 is 4.42 Å². The minimum Gasteiger partial charge on any atom is -0.421 e. The maximum atomic E-state index is 5.50. The molecule has 0 spiro atoms. The lowest BCUT2D eigenvalue weighted by Crippen LogP contribution is -2.00. The number of para-hydroxylation sites is 1. The van der Waals surface area contributed by atoms with Gasteiger partial charge >= 0.3 is 0 Å². The summed E-state index contributed by atoms with van der Waals surface area (Å²) in [6.45, 7) is 2.54. The molecule has 2 aromatic carbocycles. The molecule has 1 aromatic heterocycles. The van der Waals surface area contributed by atoms with Gasteiger partial charge in [0.25, 0.3) is 0 Å². The number of rotatable bonds is 4. The summed E-state index contributed by atoms with van der Waals surface area (Å²) in [5.74, 6) is 1.11. The molecule has 0 saturated carbocycles. The van der Waals surface area contributed by atoms with Gasteiger partial charge in [-0.3, -0.25) is 0 Å². The third-order valence-electron chi connectivity index (χ3n) is 3.01. The van der Waals surface area contributed by atoms with Crippen molar-refractivity contribution in [3.8, 4) is 11.5 Å². The molecule has 0 radical (unpaired) electrons. The van der Waals surface area contributed by atoms with E-state index < -0.39 is 0 Å². The predicted octanol–water partition coefficient (Wildman–Crippen LogP) is 3.66. The first-order chi connectivity index (χ1) is 9.83. The Morgan fingerprint density at radius 3 is 2.45 bits per heavy atom. The topological polar surface area (TPSA) is 51.0 Å². The van der Waals surface area contributed by atoms with Gasteiger partial charge in [-0.05, 0) is 17.7 Å². The van der Waals surface area contributed by atoms with Crippen LogP contribution in [-0.2, 0) is 6.54 Å². The summed E-state index contributed by atoms with van der Waals surface area (Å²) in [4.78, 5) is 0. The average molecular weight is 265 g/mol. The summed E-state index contributed by atoms with van der Waals surface area (Å²) < 4.78 is 5.50. The van der Waals surface area contributed by atoms with Gasteiger partial charge in [-0.2, -0.15) is 0 Å². The number of hydrogen-bond acceptors (Lipinski definition) is 4. The smallest absolute Gasteiger partial charge is 0.249 e.